The SMILES string of the molecule is COc1ccc(CS[C@H](CC(=O)OC(C)(C)C)c2ccccc2)cc1. The van der Waals surface area contributed by atoms with Gasteiger partial charge in [0, 0.05) is 11.0 Å². The number of methoxy groups -OCH3 is 1. The minimum atomic E-state index is -0.459. The summed E-state index contributed by atoms with van der Waals surface area (Å²) in [7, 11) is 1.66. The largest absolute Gasteiger partial charge is 0.497 e. The Morgan fingerprint density at radius 3 is 2.24 bits per heavy atom. The second kappa shape index (κ2) is 8.95. The fourth-order valence-electron chi connectivity index (χ4n) is 2.39. The van der Waals surface area contributed by atoms with E-state index < -0.39 is 5.60 Å². The molecule has 134 valence electrons. The molecule has 0 radical (unpaired) electrons. The van der Waals surface area contributed by atoms with Crippen LogP contribution in [0.15, 0.2) is 54.6 Å². The molecule has 0 saturated heterocycles. The summed E-state index contributed by atoms with van der Waals surface area (Å²) in [5.74, 6) is 1.51. The van der Waals surface area contributed by atoms with Gasteiger partial charge < -0.3 is 9.47 Å². The lowest BCUT2D eigenvalue weighted by Gasteiger charge is -2.22. The van der Waals surface area contributed by atoms with Gasteiger partial charge >= 0.3 is 5.97 Å². The van der Waals surface area contributed by atoms with Gasteiger partial charge in [0.1, 0.15) is 11.4 Å². The highest BCUT2D eigenvalue weighted by Gasteiger charge is 2.22. The molecule has 0 aliphatic heterocycles. The third-order valence-electron chi connectivity index (χ3n) is 3.55. The maximum atomic E-state index is 12.3. The average Bonchev–Trinajstić information content (AvgIpc) is 2.58. The van der Waals surface area contributed by atoms with Crippen LogP contribution in [0, 0.1) is 0 Å². The van der Waals surface area contributed by atoms with Crippen LogP contribution in [0.3, 0.4) is 0 Å². The first-order valence-electron chi connectivity index (χ1n) is 8.39. The van der Waals surface area contributed by atoms with Crippen LogP contribution in [0.4, 0.5) is 0 Å². The number of rotatable bonds is 7. The molecule has 1 atom stereocenters. The van der Waals surface area contributed by atoms with Crippen molar-refractivity contribution in [2.24, 2.45) is 0 Å². The maximum absolute atomic E-state index is 12.3. The fraction of sp³-hybridized carbons (Fsp3) is 0.381. The standard InChI is InChI=1S/C21H26O3S/c1-21(2,3)24-20(22)14-19(17-8-6-5-7-9-17)25-15-16-10-12-18(23-4)13-11-16/h5-13,19H,14-15H2,1-4H3/t19-/m1/s1. The minimum Gasteiger partial charge on any atom is -0.497 e. The maximum Gasteiger partial charge on any atom is 0.307 e. The molecule has 0 saturated carbocycles. The van der Waals surface area contributed by atoms with Crippen LogP contribution in [0.25, 0.3) is 0 Å². The van der Waals surface area contributed by atoms with Gasteiger partial charge in [0.05, 0.1) is 13.5 Å². The smallest absolute Gasteiger partial charge is 0.307 e. The third kappa shape index (κ3) is 6.83. The summed E-state index contributed by atoms with van der Waals surface area (Å²) >= 11 is 1.75. The van der Waals surface area contributed by atoms with Crippen molar-refractivity contribution in [3.8, 4) is 5.75 Å². The van der Waals surface area contributed by atoms with E-state index in [9.17, 15) is 4.79 Å². The normalized spacial score (nSPS) is 12.5. The van der Waals surface area contributed by atoms with E-state index in [0.29, 0.717) is 6.42 Å². The number of thioether (sulfide) groups is 1. The Labute approximate surface area is 154 Å². The van der Waals surface area contributed by atoms with Gasteiger partial charge in [-0.25, -0.2) is 0 Å². The molecule has 2 aromatic rings. The molecule has 0 aliphatic carbocycles. The molecule has 3 nitrogen and oxygen atoms in total. The molecule has 0 aromatic heterocycles. The summed E-state index contributed by atoms with van der Waals surface area (Å²) in [5, 5.41) is 0.0677. The van der Waals surface area contributed by atoms with Crippen molar-refractivity contribution in [1.82, 2.24) is 0 Å². The van der Waals surface area contributed by atoms with Crippen LogP contribution in [0.1, 0.15) is 43.6 Å². The van der Waals surface area contributed by atoms with Crippen LogP contribution in [-0.2, 0) is 15.3 Å². The Kier molecular flexibility index (Phi) is 6.94. The number of hydrogen-bond donors (Lipinski definition) is 0. The highest BCUT2D eigenvalue weighted by molar-refractivity contribution is 7.98. The van der Waals surface area contributed by atoms with Crippen molar-refractivity contribution < 1.29 is 14.3 Å². The van der Waals surface area contributed by atoms with Gasteiger partial charge in [0.15, 0.2) is 0 Å². The van der Waals surface area contributed by atoms with Gasteiger partial charge in [-0.2, -0.15) is 0 Å². The predicted molar refractivity (Wildman–Crippen MR) is 104 cm³/mol. The first-order chi connectivity index (χ1) is 11.9. The minimum absolute atomic E-state index is 0.0677. The zero-order valence-electron chi connectivity index (χ0n) is 15.3. The molecule has 0 heterocycles. The van der Waals surface area contributed by atoms with Gasteiger partial charge in [-0.1, -0.05) is 42.5 Å². The number of carbonyl (C=O) groups excluding carboxylic acids is 1. The molecule has 0 unspecified atom stereocenters. The van der Waals surface area contributed by atoms with E-state index in [0.717, 1.165) is 17.1 Å². The third-order valence-corrected chi connectivity index (χ3v) is 4.89. The van der Waals surface area contributed by atoms with Crippen LogP contribution in [0.2, 0.25) is 0 Å². The van der Waals surface area contributed by atoms with Crippen LogP contribution >= 0.6 is 11.8 Å². The topological polar surface area (TPSA) is 35.5 Å². The van der Waals surface area contributed by atoms with E-state index in [1.165, 1.54) is 5.56 Å². The van der Waals surface area contributed by atoms with Gasteiger partial charge in [0.25, 0.3) is 0 Å². The Morgan fingerprint density at radius 1 is 1.04 bits per heavy atom. The fourth-order valence-corrected chi connectivity index (χ4v) is 3.58. The van der Waals surface area contributed by atoms with Crippen molar-refractivity contribution in [2.75, 3.05) is 7.11 Å². The molecular weight excluding hydrogens is 332 g/mol. The first-order valence-corrected chi connectivity index (χ1v) is 9.43. The molecule has 0 fully saturated rings. The summed E-state index contributed by atoms with van der Waals surface area (Å²) in [6.45, 7) is 5.69. The lowest BCUT2D eigenvalue weighted by Crippen LogP contribution is -2.24. The van der Waals surface area contributed by atoms with Crippen molar-refractivity contribution >= 4 is 17.7 Å². The summed E-state index contributed by atoms with van der Waals surface area (Å²) in [5.41, 5.74) is 1.89. The number of ether oxygens (including phenoxy) is 2. The number of benzene rings is 2. The van der Waals surface area contributed by atoms with Crippen molar-refractivity contribution in [3.63, 3.8) is 0 Å². The molecule has 0 spiro atoms. The van der Waals surface area contributed by atoms with Crippen molar-refractivity contribution in [1.29, 1.82) is 0 Å². The zero-order chi connectivity index (χ0) is 18.3. The second-order valence-corrected chi connectivity index (χ2v) is 8.04. The van der Waals surface area contributed by atoms with Crippen LogP contribution in [-0.4, -0.2) is 18.7 Å². The van der Waals surface area contributed by atoms with Gasteiger partial charge in [-0.05, 0) is 44.0 Å². The summed E-state index contributed by atoms with van der Waals surface area (Å²) in [6, 6.07) is 18.2. The van der Waals surface area contributed by atoms with E-state index in [4.69, 9.17) is 9.47 Å². The quantitative estimate of drug-likeness (QED) is 0.621. The highest BCUT2D eigenvalue weighted by atomic mass is 32.2. The predicted octanol–water partition coefficient (Wildman–Crippen LogP) is 5.40. The van der Waals surface area contributed by atoms with Crippen LogP contribution in [0.5, 0.6) is 5.75 Å². The molecule has 0 amide bonds. The molecule has 0 aliphatic rings. The number of esters is 1. The highest BCUT2D eigenvalue weighted by Crippen LogP contribution is 2.35. The second-order valence-electron chi connectivity index (χ2n) is 6.85. The summed E-state index contributed by atoms with van der Waals surface area (Å²) < 4.78 is 10.7. The molecule has 25 heavy (non-hydrogen) atoms. The molecule has 2 rings (SSSR count). The lowest BCUT2D eigenvalue weighted by molar-refractivity contribution is -0.154. The summed E-state index contributed by atoms with van der Waals surface area (Å²) in [6.07, 6.45) is 0.363. The Morgan fingerprint density at radius 2 is 1.68 bits per heavy atom. The van der Waals surface area contributed by atoms with Crippen LogP contribution < -0.4 is 4.74 Å². The number of hydrogen-bond acceptors (Lipinski definition) is 4. The monoisotopic (exact) mass is 358 g/mol. The van der Waals surface area contributed by atoms with E-state index in [1.807, 2.05) is 51.1 Å². The molecule has 2 aromatic carbocycles. The van der Waals surface area contributed by atoms with Gasteiger partial charge in [0.2, 0.25) is 0 Å². The molecular formula is C21H26O3S. The average molecular weight is 359 g/mol. The zero-order valence-corrected chi connectivity index (χ0v) is 16.1. The van der Waals surface area contributed by atoms with E-state index in [1.54, 1.807) is 18.9 Å². The first kappa shape index (κ1) is 19.4. The van der Waals surface area contributed by atoms with E-state index in [2.05, 4.69) is 24.3 Å². The van der Waals surface area contributed by atoms with Gasteiger partial charge in [-0.15, -0.1) is 11.8 Å². The molecule has 0 N–H and O–H groups in total. The van der Waals surface area contributed by atoms with Gasteiger partial charge in [-0.3, -0.25) is 4.79 Å². The Balaban J connectivity index is 2.05. The molecule has 0 bridgehead atoms. The van der Waals surface area contributed by atoms with E-state index >= 15 is 0 Å². The van der Waals surface area contributed by atoms with Crippen molar-refractivity contribution in [3.05, 3.63) is 65.7 Å². The van der Waals surface area contributed by atoms with Crippen molar-refractivity contribution in [2.45, 2.75) is 43.8 Å². The Bertz CT molecular complexity index is 660. The Hall–Kier alpha value is -1.94. The lowest BCUT2D eigenvalue weighted by atomic mass is 10.1. The molecule has 4 heteroatoms. The number of carbonyl (C=O) groups is 1. The van der Waals surface area contributed by atoms with E-state index in [-0.39, 0.29) is 11.2 Å². The summed E-state index contributed by atoms with van der Waals surface area (Å²) in [4.78, 5) is 12.3.